The minimum absolute atomic E-state index is 0.0984. The van der Waals surface area contributed by atoms with Gasteiger partial charge in [-0.15, -0.1) is 0 Å². The van der Waals surface area contributed by atoms with Crippen LogP contribution in [0.5, 0.6) is 5.75 Å². The van der Waals surface area contributed by atoms with Crippen LogP contribution in [0.4, 0.5) is 5.69 Å². The number of fused-ring (bicyclic) bond motifs is 1. The van der Waals surface area contributed by atoms with Crippen LogP contribution in [0.25, 0.3) is 22.4 Å². The zero-order chi connectivity index (χ0) is 22.2. The monoisotopic (exact) mass is 437 g/mol. The van der Waals surface area contributed by atoms with Gasteiger partial charge in [0.25, 0.3) is 5.56 Å². The molecule has 1 aliphatic carbocycles. The number of anilines is 1. The second kappa shape index (κ2) is 8.58. The summed E-state index contributed by atoms with van der Waals surface area (Å²) in [6.07, 6.45) is 6.85. The van der Waals surface area contributed by atoms with Gasteiger partial charge in [-0.05, 0) is 44.7 Å². The highest BCUT2D eigenvalue weighted by Crippen LogP contribution is 2.34. The number of nitrogens with one attached hydrogen (secondary N) is 1. The van der Waals surface area contributed by atoms with Gasteiger partial charge < -0.3 is 19.7 Å². The van der Waals surface area contributed by atoms with Crippen LogP contribution in [-0.2, 0) is 0 Å². The van der Waals surface area contributed by atoms with Crippen LogP contribution < -0.4 is 15.2 Å². The van der Waals surface area contributed by atoms with E-state index in [0.29, 0.717) is 22.6 Å². The van der Waals surface area contributed by atoms with E-state index in [1.54, 1.807) is 11.8 Å². The third-order valence-corrected chi connectivity index (χ3v) is 6.92. The maximum absolute atomic E-state index is 13.2. The number of aromatic amines is 1. The average Bonchev–Trinajstić information content (AvgIpc) is 3.28. The third kappa shape index (κ3) is 3.77. The largest absolute Gasteiger partial charge is 0.496 e. The fraction of sp³-hybridized carbons (Fsp3) is 0.542. The van der Waals surface area contributed by atoms with Crippen LogP contribution in [0, 0.1) is 6.92 Å². The number of aromatic nitrogens is 4. The average molecular weight is 438 g/mol. The minimum atomic E-state index is -0.211. The van der Waals surface area contributed by atoms with E-state index in [1.807, 2.05) is 25.1 Å². The van der Waals surface area contributed by atoms with E-state index in [2.05, 4.69) is 15.0 Å². The quantitative estimate of drug-likeness (QED) is 0.648. The highest BCUT2D eigenvalue weighted by Gasteiger charge is 2.23. The Morgan fingerprint density at radius 1 is 1.12 bits per heavy atom. The molecule has 0 atom stereocenters. The summed E-state index contributed by atoms with van der Waals surface area (Å²) in [5, 5.41) is 14.4. The van der Waals surface area contributed by atoms with Crippen molar-refractivity contribution in [1.29, 1.82) is 0 Å². The normalized spacial score (nSPS) is 18.4. The van der Waals surface area contributed by atoms with E-state index in [9.17, 15) is 9.90 Å². The molecule has 1 aromatic carbocycles. The lowest BCUT2D eigenvalue weighted by molar-refractivity contribution is 0.145. The van der Waals surface area contributed by atoms with Crippen molar-refractivity contribution >= 4 is 16.7 Å². The molecule has 8 nitrogen and oxygen atoms in total. The van der Waals surface area contributed by atoms with Crippen molar-refractivity contribution in [3.63, 3.8) is 0 Å². The third-order valence-electron chi connectivity index (χ3n) is 6.92. The number of aliphatic hydroxyl groups excluding tert-OH is 1. The fourth-order valence-corrected chi connectivity index (χ4v) is 5.06. The van der Waals surface area contributed by atoms with Crippen molar-refractivity contribution in [3.05, 3.63) is 34.2 Å². The molecule has 8 heteroatoms. The Bertz CT molecular complexity index is 1170. The van der Waals surface area contributed by atoms with Crippen LogP contribution in [0.15, 0.2) is 23.0 Å². The minimum Gasteiger partial charge on any atom is -0.496 e. The van der Waals surface area contributed by atoms with Gasteiger partial charge in [-0.2, -0.15) is 5.10 Å². The molecule has 2 fully saturated rings. The lowest BCUT2D eigenvalue weighted by atomic mass is 9.95. The van der Waals surface area contributed by atoms with E-state index in [-0.39, 0.29) is 17.7 Å². The van der Waals surface area contributed by atoms with Crippen LogP contribution in [0.3, 0.4) is 0 Å². The molecule has 0 radical (unpaired) electrons. The second-order valence-corrected chi connectivity index (χ2v) is 9.04. The predicted octanol–water partition coefficient (Wildman–Crippen LogP) is 3.57. The summed E-state index contributed by atoms with van der Waals surface area (Å²) >= 11 is 0. The number of imidazole rings is 1. The van der Waals surface area contributed by atoms with Crippen molar-refractivity contribution in [2.75, 3.05) is 25.1 Å². The first-order valence-corrected chi connectivity index (χ1v) is 11.7. The smallest absolute Gasteiger partial charge is 0.293 e. The first-order valence-electron chi connectivity index (χ1n) is 11.7. The van der Waals surface area contributed by atoms with Crippen LogP contribution >= 0.6 is 0 Å². The fourth-order valence-electron chi connectivity index (χ4n) is 5.06. The highest BCUT2D eigenvalue weighted by atomic mass is 16.5. The van der Waals surface area contributed by atoms with E-state index >= 15 is 0 Å². The summed E-state index contributed by atoms with van der Waals surface area (Å²) < 4.78 is 7.36. The molecule has 2 aliphatic rings. The zero-order valence-electron chi connectivity index (χ0n) is 18.8. The lowest BCUT2D eigenvalue weighted by Crippen LogP contribution is -2.35. The van der Waals surface area contributed by atoms with Gasteiger partial charge in [0.2, 0.25) is 0 Å². The number of hydrogen-bond acceptors (Lipinski definition) is 6. The molecular formula is C24H31N5O3. The Morgan fingerprint density at radius 2 is 1.88 bits per heavy atom. The Labute approximate surface area is 187 Å². The maximum Gasteiger partial charge on any atom is 0.293 e. The number of aliphatic hydroxyl groups is 1. The van der Waals surface area contributed by atoms with Crippen LogP contribution in [0.2, 0.25) is 0 Å². The molecule has 0 spiro atoms. The number of nitrogens with zero attached hydrogens (tertiary/aromatic N) is 4. The molecule has 1 saturated carbocycles. The number of benzene rings is 1. The van der Waals surface area contributed by atoms with E-state index in [0.717, 1.165) is 68.6 Å². The Morgan fingerprint density at radius 3 is 2.59 bits per heavy atom. The number of rotatable bonds is 4. The lowest BCUT2D eigenvalue weighted by Gasteiger charge is -2.31. The zero-order valence-corrected chi connectivity index (χ0v) is 18.8. The molecule has 3 heterocycles. The SMILES string of the molecule is COc1cc(N2CCC(O)CC2)ccc1-c1nc2c(C)nn(C3CCCCC3)c(=O)c2[nH]1. The van der Waals surface area contributed by atoms with Gasteiger partial charge in [-0.25, -0.2) is 9.67 Å². The maximum atomic E-state index is 13.2. The summed E-state index contributed by atoms with van der Waals surface area (Å²) in [6.45, 7) is 3.55. The van der Waals surface area contributed by atoms with Gasteiger partial charge in [0.05, 0.1) is 30.5 Å². The number of piperidine rings is 1. The topological polar surface area (TPSA) is 96.3 Å². The summed E-state index contributed by atoms with van der Waals surface area (Å²) in [5.41, 5.74) is 3.66. The molecule has 2 N–H and O–H groups in total. The van der Waals surface area contributed by atoms with Gasteiger partial charge in [0.15, 0.2) is 0 Å². The molecule has 170 valence electrons. The molecular weight excluding hydrogens is 406 g/mol. The second-order valence-electron chi connectivity index (χ2n) is 9.04. The van der Waals surface area contributed by atoms with Crippen molar-refractivity contribution < 1.29 is 9.84 Å². The summed E-state index contributed by atoms with van der Waals surface area (Å²) in [5.74, 6) is 1.31. The van der Waals surface area contributed by atoms with Crippen molar-refractivity contribution in [2.45, 2.75) is 64.0 Å². The Balaban J connectivity index is 1.52. The van der Waals surface area contributed by atoms with Crippen molar-refractivity contribution in [1.82, 2.24) is 19.7 Å². The van der Waals surface area contributed by atoms with Crippen molar-refractivity contribution in [2.24, 2.45) is 0 Å². The summed E-state index contributed by atoms with van der Waals surface area (Å²) in [7, 11) is 1.65. The molecule has 0 bridgehead atoms. The van der Waals surface area contributed by atoms with Gasteiger partial charge in [0.1, 0.15) is 22.6 Å². The molecule has 5 rings (SSSR count). The number of ether oxygens (including phenoxy) is 1. The Hall–Kier alpha value is -2.87. The summed E-state index contributed by atoms with van der Waals surface area (Å²) in [6, 6.07) is 6.21. The van der Waals surface area contributed by atoms with Crippen LogP contribution in [-0.4, -0.2) is 51.2 Å². The first-order chi connectivity index (χ1) is 15.5. The molecule has 2 aromatic heterocycles. The molecule has 0 amide bonds. The summed E-state index contributed by atoms with van der Waals surface area (Å²) in [4.78, 5) is 23.5. The van der Waals surface area contributed by atoms with E-state index in [4.69, 9.17) is 9.72 Å². The van der Waals surface area contributed by atoms with Gasteiger partial charge in [-0.3, -0.25) is 4.79 Å². The number of methoxy groups -OCH3 is 1. The van der Waals surface area contributed by atoms with E-state index < -0.39 is 0 Å². The van der Waals surface area contributed by atoms with E-state index in [1.165, 1.54) is 6.42 Å². The van der Waals surface area contributed by atoms with Gasteiger partial charge in [0, 0.05) is 24.8 Å². The predicted molar refractivity (Wildman–Crippen MR) is 124 cm³/mol. The molecule has 3 aromatic rings. The van der Waals surface area contributed by atoms with Gasteiger partial charge in [-0.1, -0.05) is 19.3 Å². The molecule has 1 aliphatic heterocycles. The molecule has 1 saturated heterocycles. The number of hydrogen-bond donors (Lipinski definition) is 2. The number of H-pyrrole nitrogens is 1. The number of aryl methyl sites for hydroxylation is 1. The highest BCUT2D eigenvalue weighted by molar-refractivity contribution is 5.82. The van der Waals surface area contributed by atoms with Crippen LogP contribution in [0.1, 0.15) is 56.7 Å². The Kier molecular flexibility index (Phi) is 5.63. The molecule has 32 heavy (non-hydrogen) atoms. The standard InChI is InChI=1S/C24H31N5O3/c1-15-21-22(24(31)29(27-15)16-6-4-3-5-7-16)26-23(25-21)19-9-8-17(14-20(19)32-2)28-12-10-18(30)11-13-28/h8-9,14,16,18,30H,3-7,10-13H2,1-2H3,(H,25,26). The first kappa shape index (κ1) is 21.0. The van der Waals surface area contributed by atoms with Gasteiger partial charge >= 0.3 is 0 Å². The molecule has 0 unspecified atom stereocenters. The van der Waals surface area contributed by atoms with Crippen molar-refractivity contribution in [3.8, 4) is 17.1 Å².